The molecular weight excluding hydrogens is 410 g/mol. The SMILES string of the molecule is O=C(CCNC(=O)c1ccc(Br)cc1)Nc1ccc(N2CCCC2=O)cc1. The first-order chi connectivity index (χ1) is 13.0. The highest BCUT2D eigenvalue weighted by Crippen LogP contribution is 2.23. The minimum atomic E-state index is -0.213. The number of nitrogens with zero attached hydrogens (tertiary/aromatic N) is 1. The molecule has 1 aliphatic heterocycles. The molecule has 0 radical (unpaired) electrons. The molecule has 140 valence electrons. The number of benzene rings is 2. The van der Waals surface area contributed by atoms with Crippen LogP contribution in [0.25, 0.3) is 0 Å². The molecule has 1 heterocycles. The molecule has 0 atom stereocenters. The molecule has 2 N–H and O–H groups in total. The fourth-order valence-corrected chi connectivity index (χ4v) is 3.13. The Morgan fingerprint density at radius 1 is 1.04 bits per heavy atom. The molecule has 0 saturated carbocycles. The van der Waals surface area contributed by atoms with Gasteiger partial charge in [-0.05, 0) is 55.0 Å². The van der Waals surface area contributed by atoms with Gasteiger partial charge in [-0.2, -0.15) is 0 Å². The number of rotatable bonds is 6. The number of anilines is 2. The van der Waals surface area contributed by atoms with Crippen molar-refractivity contribution in [2.75, 3.05) is 23.3 Å². The Hall–Kier alpha value is -2.67. The van der Waals surface area contributed by atoms with E-state index in [2.05, 4.69) is 26.6 Å². The first-order valence-corrected chi connectivity index (χ1v) is 9.56. The van der Waals surface area contributed by atoms with E-state index in [-0.39, 0.29) is 30.7 Å². The highest BCUT2D eigenvalue weighted by Gasteiger charge is 2.21. The van der Waals surface area contributed by atoms with Crippen molar-refractivity contribution in [3.8, 4) is 0 Å². The van der Waals surface area contributed by atoms with Crippen molar-refractivity contribution in [2.24, 2.45) is 0 Å². The lowest BCUT2D eigenvalue weighted by atomic mass is 10.2. The Balaban J connectivity index is 1.44. The summed E-state index contributed by atoms with van der Waals surface area (Å²) < 4.78 is 0.901. The molecule has 3 rings (SSSR count). The van der Waals surface area contributed by atoms with Crippen molar-refractivity contribution in [1.82, 2.24) is 5.32 Å². The fourth-order valence-electron chi connectivity index (χ4n) is 2.86. The average Bonchev–Trinajstić information content (AvgIpc) is 3.09. The van der Waals surface area contributed by atoms with Crippen LogP contribution in [0.2, 0.25) is 0 Å². The van der Waals surface area contributed by atoms with Gasteiger partial charge in [-0.3, -0.25) is 14.4 Å². The molecule has 2 aromatic carbocycles. The van der Waals surface area contributed by atoms with Crippen molar-refractivity contribution in [3.05, 3.63) is 58.6 Å². The molecule has 6 nitrogen and oxygen atoms in total. The van der Waals surface area contributed by atoms with Crippen LogP contribution < -0.4 is 15.5 Å². The molecule has 2 aromatic rings. The lowest BCUT2D eigenvalue weighted by Crippen LogP contribution is -2.27. The molecule has 3 amide bonds. The Bertz CT molecular complexity index is 835. The van der Waals surface area contributed by atoms with Gasteiger partial charge < -0.3 is 15.5 Å². The highest BCUT2D eigenvalue weighted by atomic mass is 79.9. The number of amides is 3. The number of hydrogen-bond acceptors (Lipinski definition) is 3. The molecule has 0 unspecified atom stereocenters. The van der Waals surface area contributed by atoms with E-state index in [1.807, 2.05) is 12.1 Å². The molecule has 0 spiro atoms. The van der Waals surface area contributed by atoms with Gasteiger partial charge in [0, 0.05) is 47.3 Å². The smallest absolute Gasteiger partial charge is 0.251 e. The summed E-state index contributed by atoms with van der Waals surface area (Å²) in [5.74, 6) is -0.265. The summed E-state index contributed by atoms with van der Waals surface area (Å²) in [5, 5.41) is 5.52. The summed E-state index contributed by atoms with van der Waals surface area (Å²) in [4.78, 5) is 37.5. The molecule has 0 aliphatic carbocycles. The van der Waals surface area contributed by atoms with Crippen molar-refractivity contribution in [3.63, 3.8) is 0 Å². The summed E-state index contributed by atoms with van der Waals surface area (Å²) in [6.07, 6.45) is 1.64. The maximum Gasteiger partial charge on any atom is 0.251 e. The van der Waals surface area contributed by atoms with Crippen LogP contribution in [0.3, 0.4) is 0 Å². The van der Waals surface area contributed by atoms with Gasteiger partial charge in [-0.15, -0.1) is 0 Å². The van der Waals surface area contributed by atoms with Crippen LogP contribution in [0.15, 0.2) is 53.0 Å². The minimum Gasteiger partial charge on any atom is -0.352 e. The van der Waals surface area contributed by atoms with Gasteiger partial charge in [-0.1, -0.05) is 15.9 Å². The Morgan fingerprint density at radius 3 is 2.37 bits per heavy atom. The first-order valence-electron chi connectivity index (χ1n) is 8.77. The van der Waals surface area contributed by atoms with Crippen molar-refractivity contribution >= 4 is 45.0 Å². The Kier molecular flexibility index (Phi) is 6.24. The van der Waals surface area contributed by atoms with Crippen molar-refractivity contribution < 1.29 is 14.4 Å². The van der Waals surface area contributed by atoms with E-state index in [9.17, 15) is 14.4 Å². The van der Waals surface area contributed by atoms with Gasteiger partial charge in [0.25, 0.3) is 5.91 Å². The van der Waals surface area contributed by atoms with Crippen LogP contribution in [0.4, 0.5) is 11.4 Å². The minimum absolute atomic E-state index is 0.133. The van der Waals surface area contributed by atoms with E-state index >= 15 is 0 Å². The van der Waals surface area contributed by atoms with Gasteiger partial charge >= 0.3 is 0 Å². The average molecular weight is 430 g/mol. The highest BCUT2D eigenvalue weighted by molar-refractivity contribution is 9.10. The van der Waals surface area contributed by atoms with Crippen LogP contribution >= 0.6 is 15.9 Å². The normalized spacial score (nSPS) is 13.5. The fraction of sp³-hybridized carbons (Fsp3) is 0.250. The Labute approximate surface area is 166 Å². The molecule has 1 fully saturated rings. The van der Waals surface area contributed by atoms with Crippen LogP contribution in [0.1, 0.15) is 29.6 Å². The van der Waals surface area contributed by atoms with Gasteiger partial charge in [0.15, 0.2) is 0 Å². The molecule has 0 bridgehead atoms. The molecule has 0 aromatic heterocycles. The zero-order chi connectivity index (χ0) is 19.2. The second-order valence-electron chi connectivity index (χ2n) is 6.26. The molecule has 27 heavy (non-hydrogen) atoms. The van der Waals surface area contributed by atoms with E-state index in [0.29, 0.717) is 17.7 Å². The van der Waals surface area contributed by atoms with E-state index in [1.165, 1.54) is 0 Å². The van der Waals surface area contributed by atoms with E-state index < -0.39 is 0 Å². The van der Waals surface area contributed by atoms with Gasteiger partial charge in [0.1, 0.15) is 0 Å². The standard InChI is InChI=1S/C20H20BrN3O3/c21-15-5-3-14(4-6-15)20(27)22-12-11-18(25)23-16-7-9-17(10-8-16)24-13-1-2-19(24)26/h3-10H,1-2,11-13H2,(H,22,27)(H,23,25). The van der Waals surface area contributed by atoms with E-state index in [1.54, 1.807) is 41.3 Å². The predicted molar refractivity (Wildman–Crippen MR) is 108 cm³/mol. The maximum atomic E-state index is 12.0. The third kappa shape index (κ3) is 5.17. The summed E-state index contributed by atoms with van der Waals surface area (Å²) in [5.41, 5.74) is 2.05. The number of halogens is 1. The van der Waals surface area contributed by atoms with Gasteiger partial charge in [0.2, 0.25) is 11.8 Å². The summed E-state index contributed by atoms with van der Waals surface area (Å²) in [6.45, 7) is 0.990. The zero-order valence-corrected chi connectivity index (χ0v) is 16.3. The van der Waals surface area contributed by atoms with E-state index in [0.717, 1.165) is 23.1 Å². The molecular formula is C20H20BrN3O3. The molecule has 7 heteroatoms. The van der Waals surface area contributed by atoms with Gasteiger partial charge in [-0.25, -0.2) is 0 Å². The number of hydrogen-bond donors (Lipinski definition) is 2. The molecule has 1 aliphatic rings. The van der Waals surface area contributed by atoms with Crippen LogP contribution in [-0.4, -0.2) is 30.8 Å². The maximum absolute atomic E-state index is 12.0. The van der Waals surface area contributed by atoms with Crippen molar-refractivity contribution in [1.29, 1.82) is 0 Å². The Morgan fingerprint density at radius 2 is 1.74 bits per heavy atom. The summed E-state index contributed by atoms with van der Waals surface area (Å²) in [6, 6.07) is 14.2. The second-order valence-corrected chi connectivity index (χ2v) is 7.17. The third-order valence-electron chi connectivity index (χ3n) is 4.28. The monoisotopic (exact) mass is 429 g/mol. The van der Waals surface area contributed by atoms with Crippen LogP contribution in [-0.2, 0) is 9.59 Å². The third-order valence-corrected chi connectivity index (χ3v) is 4.81. The summed E-state index contributed by atoms with van der Waals surface area (Å²) >= 11 is 3.32. The van der Waals surface area contributed by atoms with Crippen molar-refractivity contribution in [2.45, 2.75) is 19.3 Å². The number of carbonyl (C=O) groups is 3. The number of nitrogens with one attached hydrogen (secondary N) is 2. The topological polar surface area (TPSA) is 78.5 Å². The van der Waals surface area contributed by atoms with Gasteiger partial charge in [0.05, 0.1) is 0 Å². The first kappa shape index (κ1) is 19.1. The summed E-state index contributed by atoms with van der Waals surface area (Å²) in [7, 11) is 0. The second kappa shape index (κ2) is 8.81. The van der Waals surface area contributed by atoms with Crippen LogP contribution in [0.5, 0.6) is 0 Å². The number of carbonyl (C=O) groups excluding carboxylic acids is 3. The lowest BCUT2D eigenvalue weighted by Gasteiger charge is -2.16. The zero-order valence-electron chi connectivity index (χ0n) is 14.7. The lowest BCUT2D eigenvalue weighted by molar-refractivity contribution is -0.117. The molecule has 1 saturated heterocycles. The van der Waals surface area contributed by atoms with E-state index in [4.69, 9.17) is 0 Å². The quantitative estimate of drug-likeness (QED) is 0.738. The predicted octanol–water partition coefficient (Wildman–Crippen LogP) is 3.33. The largest absolute Gasteiger partial charge is 0.352 e. The van der Waals surface area contributed by atoms with Crippen LogP contribution in [0, 0.1) is 0 Å².